The van der Waals surface area contributed by atoms with E-state index in [2.05, 4.69) is 10.2 Å². The van der Waals surface area contributed by atoms with Crippen LogP contribution in [0, 0.1) is 5.92 Å². The van der Waals surface area contributed by atoms with Gasteiger partial charge in [-0.1, -0.05) is 36.2 Å². The van der Waals surface area contributed by atoms with Crippen LogP contribution >= 0.6 is 11.6 Å². The Morgan fingerprint density at radius 1 is 1.15 bits per heavy atom. The number of amides is 1. The van der Waals surface area contributed by atoms with Crippen LogP contribution in [-0.2, 0) is 21.4 Å². The van der Waals surface area contributed by atoms with Gasteiger partial charge in [0.05, 0.1) is 12.2 Å². The molecule has 2 atom stereocenters. The van der Waals surface area contributed by atoms with Crippen molar-refractivity contribution in [2.45, 2.75) is 38.3 Å². The topological polar surface area (TPSA) is 69.7 Å². The quantitative estimate of drug-likeness (QED) is 0.823. The Hall–Kier alpha value is -1.15. The van der Waals surface area contributed by atoms with Crippen molar-refractivity contribution in [2.24, 2.45) is 5.92 Å². The molecule has 0 unspecified atom stereocenters. The minimum atomic E-state index is -3.35. The van der Waals surface area contributed by atoms with E-state index in [1.807, 2.05) is 24.3 Å². The Balaban J connectivity index is 1.76. The van der Waals surface area contributed by atoms with Gasteiger partial charge in [-0.25, -0.2) is 8.42 Å². The number of nitrogens with zero attached hydrogens (tertiary/aromatic N) is 2. The van der Waals surface area contributed by atoms with Crippen LogP contribution in [0.15, 0.2) is 24.3 Å². The third-order valence-corrected chi connectivity index (χ3v) is 7.22. The summed E-state index contributed by atoms with van der Waals surface area (Å²) in [4.78, 5) is 14.9. The van der Waals surface area contributed by atoms with Crippen LogP contribution in [0.1, 0.15) is 31.2 Å². The molecule has 0 aromatic heterocycles. The predicted octanol–water partition coefficient (Wildman–Crippen LogP) is 2.09. The van der Waals surface area contributed by atoms with Crippen molar-refractivity contribution in [3.8, 4) is 0 Å². The summed E-state index contributed by atoms with van der Waals surface area (Å²) >= 11 is 6.29. The molecule has 1 aliphatic carbocycles. The van der Waals surface area contributed by atoms with Gasteiger partial charge < -0.3 is 5.32 Å². The molecule has 0 radical (unpaired) electrons. The molecular formula is C19H28ClN3O3S. The minimum absolute atomic E-state index is 0.0225. The lowest BCUT2D eigenvalue weighted by Crippen LogP contribution is -2.47. The number of carbonyl (C=O) groups excluding carboxylic acids is 1. The second-order valence-corrected chi connectivity index (χ2v) is 9.83. The Morgan fingerprint density at radius 2 is 1.93 bits per heavy atom. The van der Waals surface area contributed by atoms with E-state index in [0.717, 1.165) is 42.8 Å². The Labute approximate surface area is 166 Å². The maximum absolute atomic E-state index is 12.6. The molecule has 2 fully saturated rings. The molecule has 2 aliphatic rings. The van der Waals surface area contributed by atoms with Gasteiger partial charge in [-0.05, 0) is 37.4 Å². The van der Waals surface area contributed by atoms with E-state index in [-0.39, 0.29) is 17.9 Å². The Morgan fingerprint density at radius 3 is 2.67 bits per heavy atom. The molecule has 1 aliphatic heterocycles. The first-order valence-electron chi connectivity index (χ1n) is 9.56. The summed E-state index contributed by atoms with van der Waals surface area (Å²) in [6.45, 7) is 3.16. The number of benzene rings is 1. The van der Waals surface area contributed by atoms with Crippen molar-refractivity contribution >= 4 is 27.5 Å². The molecule has 0 spiro atoms. The monoisotopic (exact) mass is 413 g/mol. The highest BCUT2D eigenvalue weighted by Crippen LogP contribution is 2.32. The van der Waals surface area contributed by atoms with Gasteiger partial charge in [-0.15, -0.1) is 0 Å². The van der Waals surface area contributed by atoms with Crippen LogP contribution in [0.3, 0.4) is 0 Å². The molecule has 8 heteroatoms. The number of nitrogens with one attached hydrogen (secondary N) is 1. The highest BCUT2D eigenvalue weighted by Gasteiger charge is 2.40. The van der Waals surface area contributed by atoms with E-state index in [1.54, 1.807) is 4.31 Å². The average Bonchev–Trinajstić information content (AvgIpc) is 3.07. The lowest BCUT2D eigenvalue weighted by molar-refractivity contribution is -0.125. The van der Waals surface area contributed by atoms with E-state index < -0.39 is 10.0 Å². The maximum Gasteiger partial charge on any atom is 0.224 e. The molecule has 1 aromatic carbocycles. The Kier molecular flexibility index (Phi) is 6.78. The first-order chi connectivity index (χ1) is 12.9. The molecule has 6 nitrogen and oxygen atoms in total. The van der Waals surface area contributed by atoms with Crippen molar-refractivity contribution in [2.75, 3.05) is 32.4 Å². The fraction of sp³-hybridized carbons (Fsp3) is 0.632. The molecule has 0 bridgehead atoms. The molecule has 1 aromatic rings. The van der Waals surface area contributed by atoms with Crippen molar-refractivity contribution < 1.29 is 13.2 Å². The zero-order chi connectivity index (χ0) is 19.4. The summed E-state index contributed by atoms with van der Waals surface area (Å²) < 4.78 is 26.3. The van der Waals surface area contributed by atoms with Gasteiger partial charge in [-0.3, -0.25) is 9.69 Å². The fourth-order valence-corrected chi connectivity index (χ4v) is 5.62. The summed E-state index contributed by atoms with van der Waals surface area (Å²) in [6, 6.07) is 7.52. The van der Waals surface area contributed by atoms with E-state index in [0.29, 0.717) is 26.2 Å². The van der Waals surface area contributed by atoms with E-state index in [1.165, 1.54) is 6.26 Å². The number of fused-ring (bicyclic) bond motifs is 1. The first kappa shape index (κ1) is 20.6. The maximum atomic E-state index is 12.6. The second kappa shape index (κ2) is 8.90. The molecule has 1 saturated heterocycles. The smallest absolute Gasteiger partial charge is 0.224 e. The zero-order valence-electron chi connectivity index (χ0n) is 15.7. The first-order valence-corrected chi connectivity index (χ1v) is 11.8. The number of sulfonamides is 1. The SMILES string of the molecule is CS(=O)(=O)N1CCCN(Cc2ccccc2Cl)CCNC(=O)[C@@H]2CCC[C@@H]21. The summed E-state index contributed by atoms with van der Waals surface area (Å²) in [6.07, 6.45) is 4.39. The van der Waals surface area contributed by atoms with E-state index in [4.69, 9.17) is 11.6 Å². The van der Waals surface area contributed by atoms with Crippen molar-refractivity contribution in [3.63, 3.8) is 0 Å². The third-order valence-electron chi connectivity index (χ3n) is 5.54. The summed E-state index contributed by atoms with van der Waals surface area (Å²) in [7, 11) is -3.35. The number of hydrogen-bond acceptors (Lipinski definition) is 4. The average molecular weight is 414 g/mol. The van der Waals surface area contributed by atoms with Crippen LogP contribution in [0.4, 0.5) is 0 Å². The lowest BCUT2D eigenvalue weighted by Gasteiger charge is -2.30. The largest absolute Gasteiger partial charge is 0.355 e. The molecule has 27 heavy (non-hydrogen) atoms. The standard InChI is InChI=1S/C19H28ClN3O3S/c1-27(25,26)23-12-5-11-22(14-15-6-2-3-8-17(15)20)13-10-21-19(24)16-7-4-9-18(16)23/h2-3,6,8,16,18H,4-5,7,9-14H2,1H3,(H,21,24)/t16-,18+/m1/s1. The van der Waals surface area contributed by atoms with Gasteiger partial charge in [0.25, 0.3) is 0 Å². The van der Waals surface area contributed by atoms with Crippen molar-refractivity contribution in [1.29, 1.82) is 0 Å². The number of halogens is 1. The molecule has 1 amide bonds. The number of hydrogen-bond donors (Lipinski definition) is 1. The number of carbonyl (C=O) groups is 1. The Bertz CT molecular complexity index is 771. The highest BCUT2D eigenvalue weighted by atomic mass is 35.5. The third kappa shape index (κ3) is 5.22. The van der Waals surface area contributed by atoms with Crippen LogP contribution in [0.5, 0.6) is 0 Å². The van der Waals surface area contributed by atoms with Crippen molar-refractivity contribution in [3.05, 3.63) is 34.9 Å². The molecule has 1 saturated carbocycles. The van der Waals surface area contributed by atoms with Gasteiger partial charge >= 0.3 is 0 Å². The van der Waals surface area contributed by atoms with Crippen LogP contribution in [-0.4, -0.2) is 62.0 Å². The molecule has 3 rings (SSSR count). The van der Waals surface area contributed by atoms with Gasteiger partial charge in [0.15, 0.2) is 0 Å². The van der Waals surface area contributed by atoms with E-state index in [9.17, 15) is 13.2 Å². The predicted molar refractivity (Wildman–Crippen MR) is 107 cm³/mol. The van der Waals surface area contributed by atoms with Crippen molar-refractivity contribution in [1.82, 2.24) is 14.5 Å². The summed E-state index contributed by atoms with van der Waals surface area (Å²) in [5.41, 5.74) is 1.04. The molecule has 150 valence electrons. The van der Waals surface area contributed by atoms with Crippen LogP contribution in [0.25, 0.3) is 0 Å². The van der Waals surface area contributed by atoms with Crippen LogP contribution in [0.2, 0.25) is 5.02 Å². The van der Waals surface area contributed by atoms with Crippen LogP contribution < -0.4 is 5.32 Å². The minimum Gasteiger partial charge on any atom is -0.355 e. The second-order valence-electron chi connectivity index (χ2n) is 7.49. The summed E-state index contributed by atoms with van der Waals surface area (Å²) in [5, 5.41) is 3.74. The zero-order valence-corrected chi connectivity index (χ0v) is 17.3. The molecular weight excluding hydrogens is 386 g/mol. The summed E-state index contributed by atoms with van der Waals surface area (Å²) in [5.74, 6) is -0.263. The normalized spacial score (nSPS) is 26.2. The lowest BCUT2D eigenvalue weighted by atomic mass is 10.0. The van der Waals surface area contributed by atoms with Gasteiger partial charge in [-0.2, -0.15) is 4.31 Å². The van der Waals surface area contributed by atoms with E-state index >= 15 is 0 Å². The van der Waals surface area contributed by atoms with Gasteiger partial charge in [0.2, 0.25) is 15.9 Å². The highest BCUT2D eigenvalue weighted by molar-refractivity contribution is 7.88. The van der Waals surface area contributed by atoms with Gasteiger partial charge in [0.1, 0.15) is 0 Å². The number of rotatable bonds is 3. The molecule has 1 heterocycles. The van der Waals surface area contributed by atoms with Gasteiger partial charge in [0, 0.05) is 37.2 Å². The fourth-order valence-electron chi connectivity index (χ4n) is 4.22. The molecule has 1 N–H and O–H groups in total.